The number of nitrogens with zero attached hydrogens (tertiary/aromatic N) is 5. The topological polar surface area (TPSA) is 100 Å². The van der Waals surface area contributed by atoms with Crippen LogP contribution in [0.1, 0.15) is 12.0 Å². The normalized spacial score (nSPS) is 20.8. The molecule has 4 rings (SSSR count). The van der Waals surface area contributed by atoms with E-state index < -0.39 is 6.10 Å². The molecule has 26 heavy (non-hydrogen) atoms. The Morgan fingerprint density at radius 3 is 2.65 bits per heavy atom. The Morgan fingerprint density at radius 2 is 1.96 bits per heavy atom. The van der Waals surface area contributed by atoms with E-state index in [-0.39, 0.29) is 6.04 Å². The standard InChI is InChI=1S/C18H20N6O2/c25-15-12-24(7-4-14(15)23-18-19-5-2-6-20-18)11-13-9-21-17(22-10-13)16-3-1-8-26-16/h1-3,5-6,8-10,14-15,25H,4,7,11-12H2,(H,19,20,23)/t14-,15-/m1/s1. The molecular formula is C18H20N6O2. The molecular weight excluding hydrogens is 332 g/mol. The number of likely N-dealkylation sites (tertiary alicyclic amines) is 1. The quantitative estimate of drug-likeness (QED) is 0.714. The first-order valence-electron chi connectivity index (χ1n) is 8.57. The fourth-order valence-electron chi connectivity index (χ4n) is 3.08. The van der Waals surface area contributed by atoms with E-state index in [1.165, 1.54) is 0 Å². The minimum absolute atomic E-state index is 0.0498. The molecule has 134 valence electrons. The Hall–Kier alpha value is -2.84. The van der Waals surface area contributed by atoms with Crippen LogP contribution in [0.5, 0.6) is 0 Å². The summed E-state index contributed by atoms with van der Waals surface area (Å²) in [6, 6.07) is 5.36. The zero-order valence-corrected chi connectivity index (χ0v) is 14.2. The van der Waals surface area contributed by atoms with Crippen LogP contribution in [0.2, 0.25) is 0 Å². The van der Waals surface area contributed by atoms with Gasteiger partial charge in [-0.25, -0.2) is 19.9 Å². The van der Waals surface area contributed by atoms with Gasteiger partial charge in [0.25, 0.3) is 0 Å². The van der Waals surface area contributed by atoms with Crippen molar-refractivity contribution in [3.8, 4) is 11.6 Å². The molecule has 0 radical (unpaired) electrons. The van der Waals surface area contributed by atoms with Crippen molar-refractivity contribution in [2.24, 2.45) is 0 Å². The highest BCUT2D eigenvalue weighted by atomic mass is 16.3. The molecule has 0 amide bonds. The second kappa shape index (κ2) is 7.59. The average Bonchev–Trinajstić information content (AvgIpc) is 3.20. The summed E-state index contributed by atoms with van der Waals surface area (Å²) in [5.74, 6) is 1.78. The second-order valence-corrected chi connectivity index (χ2v) is 6.31. The summed E-state index contributed by atoms with van der Waals surface area (Å²) < 4.78 is 5.30. The lowest BCUT2D eigenvalue weighted by molar-refractivity contribution is 0.0558. The van der Waals surface area contributed by atoms with Crippen molar-refractivity contribution in [1.29, 1.82) is 0 Å². The van der Waals surface area contributed by atoms with Crippen molar-refractivity contribution in [3.63, 3.8) is 0 Å². The van der Waals surface area contributed by atoms with E-state index in [1.54, 1.807) is 37.1 Å². The predicted octanol–water partition coefficient (Wildman–Crippen LogP) is 1.57. The second-order valence-electron chi connectivity index (χ2n) is 6.31. The molecule has 3 aromatic heterocycles. The van der Waals surface area contributed by atoms with Crippen molar-refractivity contribution in [2.45, 2.75) is 25.1 Å². The summed E-state index contributed by atoms with van der Waals surface area (Å²) >= 11 is 0. The van der Waals surface area contributed by atoms with E-state index in [1.807, 2.05) is 12.1 Å². The van der Waals surface area contributed by atoms with Crippen molar-refractivity contribution in [1.82, 2.24) is 24.8 Å². The number of aliphatic hydroxyl groups is 1. The van der Waals surface area contributed by atoms with Gasteiger partial charge >= 0.3 is 0 Å². The number of anilines is 1. The third-order valence-electron chi connectivity index (χ3n) is 4.40. The summed E-state index contributed by atoms with van der Waals surface area (Å²) in [7, 11) is 0. The van der Waals surface area contributed by atoms with Crippen LogP contribution in [-0.4, -0.2) is 55.2 Å². The molecule has 1 saturated heterocycles. The van der Waals surface area contributed by atoms with Crippen LogP contribution in [-0.2, 0) is 6.54 Å². The number of aromatic nitrogens is 4. The first kappa shape index (κ1) is 16.6. The number of aliphatic hydroxyl groups excluding tert-OH is 1. The molecule has 0 bridgehead atoms. The monoisotopic (exact) mass is 352 g/mol. The highest BCUT2D eigenvalue weighted by Crippen LogP contribution is 2.18. The van der Waals surface area contributed by atoms with E-state index in [4.69, 9.17) is 4.42 Å². The Labute approximate surface area is 151 Å². The van der Waals surface area contributed by atoms with Gasteiger partial charge < -0.3 is 14.8 Å². The van der Waals surface area contributed by atoms with Gasteiger partial charge in [-0.2, -0.15) is 0 Å². The van der Waals surface area contributed by atoms with Gasteiger partial charge in [-0.05, 0) is 24.6 Å². The lowest BCUT2D eigenvalue weighted by Gasteiger charge is -2.36. The minimum Gasteiger partial charge on any atom is -0.461 e. The fraction of sp³-hybridized carbons (Fsp3) is 0.333. The highest BCUT2D eigenvalue weighted by molar-refractivity contribution is 5.45. The summed E-state index contributed by atoms with van der Waals surface area (Å²) in [5, 5.41) is 13.6. The number of nitrogens with one attached hydrogen (secondary N) is 1. The largest absolute Gasteiger partial charge is 0.461 e. The number of hydrogen-bond acceptors (Lipinski definition) is 8. The summed E-state index contributed by atoms with van der Waals surface area (Å²) in [5.41, 5.74) is 1.00. The summed E-state index contributed by atoms with van der Waals surface area (Å²) in [6.45, 7) is 2.13. The predicted molar refractivity (Wildman–Crippen MR) is 95.1 cm³/mol. The third kappa shape index (κ3) is 3.87. The van der Waals surface area contributed by atoms with Gasteiger partial charge in [-0.15, -0.1) is 0 Å². The van der Waals surface area contributed by atoms with Gasteiger partial charge in [0.1, 0.15) is 0 Å². The average molecular weight is 352 g/mol. The fourth-order valence-corrected chi connectivity index (χ4v) is 3.08. The molecule has 1 fully saturated rings. The Morgan fingerprint density at radius 1 is 1.15 bits per heavy atom. The van der Waals surface area contributed by atoms with E-state index in [9.17, 15) is 5.11 Å². The van der Waals surface area contributed by atoms with Crippen molar-refractivity contribution >= 4 is 5.95 Å². The Kier molecular flexibility index (Phi) is 4.85. The number of hydrogen-bond donors (Lipinski definition) is 2. The van der Waals surface area contributed by atoms with Crippen LogP contribution < -0.4 is 5.32 Å². The van der Waals surface area contributed by atoms with Gasteiger partial charge in [0.2, 0.25) is 5.95 Å². The van der Waals surface area contributed by atoms with Gasteiger partial charge in [-0.3, -0.25) is 4.90 Å². The lowest BCUT2D eigenvalue weighted by Crippen LogP contribution is -2.49. The van der Waals surface area contributed by atoms with Gasteiger partial charge in [0.15, 0.2) is 11.6 Å². The van der Waals surface area contributed by atoms with Gasteiger partial charge in [0.05, 0.1) is 18.4 Å². The molecule has 0 aromatic carbocycles. The molecule has 3 aromatic rings. The Balaban J connectivity index is 1.33. The molecule has 4 heterocycles. The summed E-state index contributed by atoms with van der Waals surface area (Å²) in [6.07, 6.45) is 8.90. The van der Waals surface area contributed by atoms with E-state index >= 15 is 0 Å². The molecule has 1 aliphatic rings. The zero-order chi connectivity index (χ0) is 17.8. The number of furan rings is 1. The third-order valence-corrected chi connectivity index (χ3v) is 4.40. The SMILES string of the molecule is O[C@@H]1CN(Cc2cnc(-c3ccco3)nc2)CC[C@H]1Nc1ncccn1. The van der Waals surface area contributed by atoms with Crippen molar-refractivity contribution in [3.05, 3.63) is 54.8 Å². The Bertz CT molecular complexity index is 809. The summed E-state index contributed by atoms with van der Waals surface area (Å²) in [4.78, 5) is 19.2. The number of piperidine rings is 1. The maximum atomic E-state index is 10.4. The van der Waals surface area contributed by atoms with Crippen LogP contribution >= 0.6 is 0 Å². The highest BCUT2D eigenvalue weighted by Gasteiger charge is 2.28. The van der Waals surface area contributed by atoms with Gasteiger partial charge in [0, 0.05) is 50.0 Å². The van der Waals surface area contributed by atoms with Crippen LogP contribution in [0.15, 0.2) is 53.7 Å². The molecule has 8 heteroatoms. The molecule has 8 nitrogen and oxygen atoms in total. The number of rotatable bonds is 5. The molecule has 0 aliphatic carbocycles. The number of β-amino-alcohol motifs (C(OH)–C–C–N with tert-alkyl or cyclic N) is 1. The van der Waals surface area contributed by atoms with E-state index in [2.05, 4.69) is 30.2 Å². The van der Waals surface area contributed by atoms with Crippen LogP contribution in [0.4, 0.5) is 5.95 Å². The van der Waals surface area contributed by atoms with Crippen LogP contribution in [0, 0.1) is 0 Å². The first-order chi connectivity index (χ1) is 12.8. The maximum absolute atomic E-state index is 10.4. The molecule has 2 atom stereocenters. The smallest absolute Gasteiger partial charge is 0.222 e. The molecule has 0 unspecified atom stereocenters. The molecule has 2 N–H and O–H groups in total. The van der Waals surface area contributed by atoms with Crippen molar-refractivity contribution < 1.29 is 9.52 Å². The minimum atomic E-state index is -0.490. The van der Waals surface area contributed by atoms with E-state index in [0.29, 0.717) is 30.6 Å². The van der Waals surface area contributed by atoms with Gasteiger partial charge in [-0.1, -0.05) is 0 Å². The molecule has 0 saturated carbocycles. The first-order valence-corrected chi connectivity index (χ1v) is 8.57. The lowest BCUT2D eigenvalue weighted by atomic mass is 10.0. The van der Waals surface area contributed by atoms with Crippen LogP contribution in [0.3, 0.4) is 0 Å². The molecule has 1 aliphatic heterocycles. The van der Waals surface area contributed by atoms with Crippen LogP contribution in [0.25, 0.3) is 11.6 Å². The maximum Gasteiger partial charge on any atom is 0.222 e. The molecule has 0 spiro atoms. The van der Waals surface area contributed by atoms with E-state index in [0.717, 1.165) is 18.5 Å². The van der Waals surface area contributed by atoms with Crippen molar-refractivity contribution in [2.75, 3.05) is 18.4 Å². The zero-order valence-electron chi connectivity index (χ0n) is 14.2.